The smallest absolute Gasteiger partial charge is 0.102 e. The highest BCUT2D eigenvalue weighted by Gasteiger charge is 2.08. The van der Waals surface area contributed by atoms with Gasteiger partial charge in [0.15, 0.2) is 0 Å². The van der Waals surface area contributed by atoms with Gasteiger partial charge in [-0.3, -0.25) is 0 Å². The number of hydrogen-bond acceptors (Lipinski definition) is 3. The first-order valence-electron chi connectivity index (χ1n) is 4.78. The lowest BCUT2D eigenvalue weighted by molar-refractivity contribution is 0.0955. The van der Waals surface area contributed by atoms with Crippen molar-refractivity contribution in [2.45, 2.75) is 18.9 Å². The Bertz CT molecular complexity index is 263. The fraction of sp³-hybridized carbons (Fsp3) is 0.455. The van der Waals surface area contributed by atoms with Crippen LogP contribution in [0.25, 0.3) is 0 Å². The van der Waals surface area contributed by atoms with Crippen molar-refractivity contribution >= 4 is 0 Å². The summed E-state index contributed by atoms with van der Waals surface area (Å²) in [6.07, 6.45) is -0.792. The van der Waals surface area contributed by atoms with Gasteiger partial charge in [-0.15, -0.1) is 0 Å². The monoisotopic (exact) mass is 195 g/mol. The topological polar surface area (TPSA) is 66.5 Å². The van der Waals surface area contributed by atoms with Gasteiger partial charge >= 0.3 is 0 Å². The zero-order valence-corrected chi connectivity index (χ0v) is 8.35. The standard InChI is InChI=1S/C11H17NO2/c1-8(6-12)9-3-2-4-10(5-9)11(14)7-13/h2-5,8,11,13-14H,6-7,12H2,1H3. The van der Waals surface area contributed by atoms with Gasteiger partial charge in [0, 0.05) is 0 Å². The largest absolute Gasteiger partial charge is 0.393 e. The molecule has 0 aliphatic rings. The predicted octanol–water partition coefficient (Wildman–Crippen LogP) is 0.775. The molecule has 0 aliphatic heterocycles. The molecule has 0 aromatic heterocycles. The van der Waals surface area contributed by atoms with Crippen molar-refractivity contribution in [3.63, 3.8) is 0 Å². The molecule has 14 heavy (non-hydrogen) atoms. The van der Waals surface area contributed by atoms with Gasteiger partial charge in [0.1, 0.15) is 6.10 Å². The first-order valence-corrected chi connectivity index (χ1v) is 4.78. The lowest BCUT2D eigenvalue weighted by Gasteiger charge is -2.12. The van der Waals surface area contributed by atoms with Crippen molar-refractivity contribution in [2.24, 2.45) is 5.73 Å². The molecule has 0 saturated heterocycles. The van der Waals surface area contributed by atoms with E-state index in [1.54, 1.807) is 6.07 Å². The van der Waals surface area contributed by atoms with Crippen LogP contribution in [0.5, 0.6) is 0 Å². The van der Waals surface area contributed by atoms with Crippen LogP contribution in [0.15, 0.2) is 24.3 Å². The van der Waals surface area contributed by atoms with Crippen molar-refractivity contribution in [1.82, 2.24) is 0 Å². The molecule has 1 rings (SSSR count). The summed E-state index contributed by atoms with van der Waals surface area (Å²) in [6, 6.07) is 7.53. The molecule has 1 aromatic rings. The highest BCUT2D eigenvalue weighted by atomic mass is 16.3. The van der Waals surface area contributed by atoms with Crippen LogP contribution < -0.4 is 5.73 Å². The van der Waals surface area contributed by atoms with Crippen LogP contribution in [0.4, 0.5) is 0 Å². The summed E-state index contributed by atoms with van der Waals surface area (Å²) >= 11 is 0. The Morgan fingerprint density at radius 1 is 1.36 bits per heavy atom. The van der Waals surface area contributed by atoms with Gasteiger partial charge in [0.05, 0.1) is 6.61 Å². The number of aliphatic hydroxyl groups is 2. The Morgan fingerprint density at radius 3 is 2.57 bits per heavy atom. The van der Waals surface area contributed by atoms with Gasteiger partial charge in [0.2, 0.25) is 0 Å². The van der Waals surface area contributed by atoms with Crippen LogP contribution >= 0.6 is 0 Å². The Kier molecular flexibility index (Phi) is 4.07. The molecule has 0 bridgehead atoms. The van der Waals surface area contributed by atoms with Crippen molar-refractivity contribution in [3.05, 3.63) is 35.4 Å². The summed E-state index contributed by atoms with van der Waals surface area (Å²) in [5.41, 5.74) is 7.39. The molecule has 78 valence electrons. The van der Waals surface area contributed by atoms with Crippen LogP contribution in [0.1, 0.15) is 30.1 Å². The normalized spacial score (nSPS) is 15.1. The summed E-state index contributed by atoms with van der Waals surface area (Å²) in [5, 5.41) is 18.2. The maximum atomic E-state index is 9.43. The van der Waals surface area contributed by atoms with E-state index in [2.05, 4.69) is 0 Å². The Morgan fingerprint density at radius 2 is 2.00 bits per heavy atom. The highest BCUT2D eigenvalue weighted by molar-refractivity contribution is 5.27. The second-order valence-corrected chi connectivity index (χ2v) is 3.51. The van der Waals surface area contributed by atoms with Gasteiger partial charge < -0.3 is 15.9 Å². The summed E-state index contributed by atoms with van der Waals surface area (Å²) < 4.78 is 0. The zero-order chi connectivity index (χ0) is 10.6. The van der Waals surface area contributed by atoms with Crippen LogP contribution in [-0.4, -0.2) is 23.4 Å². The second kappa shape index (κ2) is 5.10. The first-order chi connectivity index (χ1) is 6.69. The van der Waals surface area contributed by atoms with E-state index in [9.17, 15) is 5.11 Å². The first kappa shape index (κ1) is 11.2. The molecule has 0 fully saturated rings. The molecule has 2 unspecified atom stereocenters. The van der Waals surface area contributed by atoms with Gasteiger partial charge in [-0.1, -0.05) is 31.2 Å². The van der Waals surface area contributed by atoms with Gasteiger partial charge in [0.25, 0.3) is 0 Å². The highest BCUT2D eigenvalue weighted by Crippen LogP contribution is 2.19. The minimum atomic E-state index is -0.792. The van der Waals surface area contributed by atoms with E-state index in [4.69, 9.17) is 10.8 Å². The summed E-state index contributed by atoms with van der Waals surface area (Å²) in [6.45, 7) is 2.36. The van der Waals surface area contributed by atoms with Crippen LogP contribution in [-0.2, 0) is 0 Å². The molecule has 3 heteroatoms. The molecular formula is C11H17NO2. The van der Waals surface area contributed by atoms with E-state index in [0.717, 1.165) is 11.1 Å². The Labute approximate surface area is 84.2 Å². The van der Waals surface area contributed by atoms with Gasteiger partial charge in [-0.2, -0.15) is 0 Å². The number of rotatable bonds is 4. The third-order valence-corrected chi connectivity index (χ3v) is 2.39. The average Bonchev–Trinajstić information content (AvgIpc) is 2.27. The number of nitrogens with two attached hydrogens (primary N) is 1. The van der Waals surface area contributed by atoms with Crippen LogP contribution in [0, 0.1) is 0 Å². The molecular weight excluding hydrogens is 178 g/mol. The maximum absolute atomic E-state index is 9.43. The molecule has 0 spiro atoms. The molecule has 3 nitrogen and oxygen atoms in total. The van der Waals surface area contributed by atoms with E-state index in [0.29, 0.717) is 6.54 Å². The molecule has 2 atom stereocenters. The summed E-state index contributed by atoms with van der Waals surface area (Å²) in [7, 11) is 0. The fourth-order valence-corrected chi connectivity index (χ4v) is 1.31. The lowest BCUT2D eigenvalue weighted by Crippen LogP contribution is -2.10. The molecule has 0 radical (unpaired) electrons. The molecule has 4 N–H and O–H groups in total. The van der Waals surface area contributed by atoms with Crippen molar-refractivity contribution in [1.29, 1.82) is 0 Å². The zero-order valence-electron chi connectivity index (χ0n) is 8.35. The SMILES string of the molecule is CC(CN)c1cccc(C(O)CO)c1. The predicted molar refractivity (Wildman–Crippen MR) is 56.0 cm³/mol. The van der Waals surface area contributed by atoms with Crippen molar-refractivity contribution in [3.8, 4) is 0 Å². The van der Waals surface area contributed by atoms with E-state index in [1.165, 1.54) is 0 Å². The number of hydrogen-bond donors (Lipinski definition) is 3. The van der Waals surface area contributed by atoms with Crippen molar-refractivity contribution in [2.75, 3.05) is 13.2 Å². The molecule has 0 heterocycles. The van der Waals surface area contributed by atoms with Crippen molar-refractivity contribution < 1.29 is 10.2 Å². The molecule has 0 aliphatic carbocycles. The third-order valence-electron chi connectivity index (χ3n) is 2.39. The Hall–Kier alpha value is -0.900. The second-order valence-electron chi connectivity index (χ2n) is 3.51. The summed E-state index contributed by atoms with van der Waals surface area (Å²) in [5.74, 6) is 0.279. The molecule has 0 amide bonds. The van der Waals surface area contributed by atoms with E-state index >= 15 is 0 Å². The van der Waals surface area contributed by atoms with Gasteiger partial charge in [-0.25, -0.2) is 0 Å². The fourth-order valence-electron chi connectivity index (χ4n) is 1.31. The minimum Gasteiger partial charge on any atom is -0.393 e. The Balaban J connectivity index is 2.89. The van der Waals surface area contributed by atoms with E-state index in [1.807, 2.05) is 25.1 Å². The number of benzene rings is 1. The lowest BCUT2D eigenvalue weighted by atomic mass is 9.97. The van der Waals surface area contributed by atoms with Crippen LogP contribution in [0.2, 0.25) is 0 Å². The minimum absolute atomic E-state index is 0.250. The quantitative estimate of drug-likeness (QED) is 0.665. The average molecular weight is 195 g/mol. The van der Waals surface area contributed by atoms with E-state index < -0.39 is 6.10 Å². The molecule has 1 aromatic carbocycles. The van der Waals surface area contributed by atoms with E-state index in [-0.39, 0.29) is 12.5 Å². The van der Waals surface area contributed by atoms with Crippen LogP contribution in [0.3, 0.4) is 0 Å². The molecule has 0 saturated carbocycles. The third kappa shape index (κ3) is 2.54. The maximum Gasteiger partial charge on any atom is 0.102 e. The number of aliphatic hydroxyl groups excluding tert-OH is 2. The summed E-state index contributed by atoms with van der Waals surface area (Å²) in [4.78, 5) is 0. The van der Waals surface area contributed by atoms with Gasteiger partial charge in [-0.05, 0) is 23.6 Å².